The zero-order valence-electron chi connectivity index (χ0n) is 11.1. The molecule has 0 amide bonds. The van der Waals surface area contributed by atoms with Crippen LogP contribution in [0.5, 0.6) is 0 Å². The molecule has 0 rings (SSSR count). The molecule has 18 heavy (non-hydrogen) atoms. The summed E-state index contributed by atoms with van der Waals surface area (Å²) in [6.45, 7) is 7.56. The normalized spacial score (nSPS) is 17.4. The molecule has 106 valence electrons. The van der Waals surface area contributed by atoms with Gasteiger partial charge in [0.15, 0.2) is 0 Å². The van der Waals surface area contributed by atoms with Gasteiger partial charge in [0.2, 0.25) is 0 Å². The molecule has 4 unspecified atom stereocenters. The van der Waals surface area contributed by atoms with Gasteiger partial charge in [-0.2, -0.15) is 0 Å². The lowest BCUT2D eigenvalue weighted by Gasteiger charge is -2.19. The number of esters is 2. The SMILES string of the molecule is CCC(C)OC(=O)C(I)C(I)C(=O)OC(C)CC. The van der Waals surface area contributed by atoms with Crippen LogP contribution < -0.4 is 0 Å². The lowest BCUT2D eigenvalue weighted by molar-refractivity contribution is -0.153. The number of carbonyl (C=O) groups excluding carboxylic acids is 2. The predicted molar refractivity (Wildman–Crippen MR) is 87.3 cm³/mol. The van der Waals surface area contributed by atoms with Crippen molar-refractivity contribution in [3.63, 3.8) is 0 Å². The van der Waals surface area contributed by atoms with Crippen LogP contribution in [0.3, 0.4) is 0 Å². The van der Waals surface area contributed by atoms with Gasteiger partial charge in [-0.1, -0.05) is 59.0 Å². The molecule has 0 aromatic rings. The zero-order chi connectivity index (χ0) is 14.3. The Balaban J connectivity index is 4.35. The van der Waals surface area contributed by atoms with Gasteiger partial charge in [-0.3, -0.25) is 9.59 Å². The molecule has 0 aliphatic rings. The summed E-state index contributed by atoms with van der Waals surface area (Å²) in [5.74, 6) is -0.712. The lowest BCUT2D eigenvalue weighted by atomic mass is 10.3. The average Bonchev–Trinajstić information content (AvgIpc) is 2.36. The third kappa shape index (κ3) is 6.53. The topological polar surface area (TPSA) is 52.6 Å². The van der Waals surface area contributed by atoms with Crippen LogP contribution in [0, 0.1) is 0 Å². The van der Waals surface area contributed by atoms with Crippen molar-refractivity contribution in [3.8, 4) is 0 Å². The largest absolute Gasteiger partial charge is 0.462 e. The Kier molecular flexibility index (Phi) is 9.53. The number of halogens is 2. The first-order valence-corrected chi connectivity index (χ1v) is 8.51. The highest BCUT2D eigenvalue weighted by molar-refractivity contribution is 14.1. The minimum atomic E-state index is -0.520. The molecule has 0 bridgehead atoms. The first-order valence-electron chi connectivity index (χ1n) is 6.02. The maximum Gasteiger partial charge on any atom is 0.320 e. The molecule has 0 fully saturated rings. The minimum Gasteiger partial charge on any atom is -0.462 e. The van der Waals surface area contributed by atoms with Crippen LogP contribution in [-0.2, 0) is 19.1 Å². The molecule has 0 aliphatic carbocycles. The highest BCUT2D eigenvalue weighted by atomic mass is 127. The van der Waals surface area contributed by atoms with E-state index in [4.69, 9.17) is 9.47 Å². The fraction of sp³-hybridized carbons (Fsp3) is 0.833. The number of carbonyl (C=O) groups is 2. The summed E-state index contributed by atoms with van der Waals surface area (Å²) in [6, 6.07) is 0. The van der Waals surface area contributed by atoms with Gasteiger partial charge in [0, 0.05) is 0 Å². The zero-order valence-corrected chi connectivity index (χ0v) is 15.4. The van der Waals surface area contributed by atoms with E-state index in [0.29, 0.717) is 0 Å². The second-order valence-electron chi connectivity index (χ2n) is 4.12. The maximum absolute atomic E-state index is 11.8. The van der Waals surface area contributed by atoms with E-state index in [-0.39, 0.29) is 24.1 Å². The van der Waals surface area contributed by atoms with E-state index in [2.05, 4.69) is 0 Å². The molecule has 4 nitrogen and oxygen atoms in total. The fourth-order valence-electron chi connectivity index (χ4n) is 0.932. The number of hydrogen-bond acceptors (Lipinski definition) is 4. The van der Waals surface area contributed by atoms with Gasteiger partial charge in [-0.25, -0.2) is 0 Å². The van der Waals surface area contributed by atoms with Crippen LogP contribution in [0.4, 0.5) is 0 Å². The molecule has 0 saturated carbocycles. The van der Waals surface area contributed by atoms with Gasteiger partial charge in [-0.15, -0.1) is 0 Å². The first-order chi connectivity index (χ1) is 8.33. The molecule has 0 heterocycles. The van der Waals surface area contributed by atoms with E-state index >= 15 is 0 Å². The molecule has 6 heteroatoms. The maximum atomic E-state index is 11.8. The number of hydrogen-bond donors (Lipinski definition) is 0. The smallest absolute Gasteiger partial charge is 0.320 e. The summed E-state index contributed by atoms with van der Waals surface area (Å²) in [7, 11) is 0. The van der Waals surface area contributed by atoms with E-state index in [1.807, 2.05) is 72.9 Å². The molecule has 4 atom stereocenters. The molecular weight excluding hydrogens is 462 g/mol. The first kappa shape index (κ1) is 18.4. The highest BCUT2D eigenvalue weighted by Gasteiger charge is 2.33. The van der Waals surface area contributed by atoms with Gasteiger partial charge in [0.25, 0.3) is 0 Å². The number of alkyl halides is 2. The van der Waals surface area contributed by atoms with Crippen LogP contribution in [0.15, 0.2) is 0 Å². The number of ether oxygens (including phenoxy) is 2. The van der Waals surface area contributed by atoms with Crippen molar-refractivity contribution in [2.24, 2.45) is 0 Å². The lowest BCUT2D eigenvalue weighted by Crippen LogP contribution is -2.36. The molecule has 0 spiro atoms. The van der Waals surface area contributed by atoms with E-state index in [9.17, 15) is 9.59 Å². The van der Waals surface area contributed by atoms with E-state index < -0.39 is 7.85 Å². The average molecular weight is 482 g/mol. The Hall–Kier alpha value is 0.400. The molecular formula is C12H20I2O4. The van der Waals surface area contributed by atoms with E-state index in [0.717, 1.165) is 12.8 Å². The molecule has 0 saturated heterocycles. The second-order valence-corrected chi connectivity index (χ2v) is 6.80. The van der Waals surface area contributed by atoms with Gasteiger partial charge < -0.3 is 9.47 Å². The molecule has 0 aliphatic heterocycles. The van der Waals surface area contributed by atoms with Gasteiger partial charge >= 0.3 is 11.9 Å². The Morgan fingerprint density at radius 2 is 1.17 bits per heavy atom. The van der Waals surface area contributed by atoms with Crippen molar-refractivity contribution >= 4 is 57.1 Å². The Bertz CT molecular complexity index is 255. The van der Waals surface area contributed by atoms with Crippen molar-refractivity contribution < 1.29 is 19.1 Å². The quantitative estimate of drug-likeness (QED) is 0.318. The van der Waals surface area contributed by atoms with Crippen molar-refractivity contribution in [1.29, 1.82) is 0 Å². The molecule has 0 aromatic carbocycles. The van der Waals surface area contributed by atoms with Crippen molar-refractivity contribution in [1.82, 2.24) is 0 Å². The summed E-state index contributed by atoms with van der Waals surface area (Å²) < 4.78 is 9.37. The van der Waals surface area contributed by atoms with Crippen LogP contribution in [0.1, 0.15) is 40.5 Å². The van der Waals surface area contributed by atoms with Crippen LogP contribution >= 0.6 is 45.2 Å². The van der Waals surface area contributed by atoms with Gasteiger partial charge in [0.1, 0.15) is 7.85 Å². The number of rotatable bonds is 7. The van der Waals surface area contributed by atoms with Crippen LogP contribution in [0.25, 0.3) is 0 Å². The fourth-order valence-corrected chi connectivity index (χ4v) is 1.81. The summed E-state index contributed by atoms with van der Waals surface area (Å²) in [4.78, 5) is 23.5. The third-order valence-corrected chi connectivity index (χ3v) is 6.32. The molecule has 0 aromatic heterocycles. The Morgan fingerprint density at radius 3 is 1.39 bits per heavy atom. The van der Waals surface area contributed by atoms with Crippen LogP contribution in [-0.4, -0.2) is 32.0 Å². The van der Waals surface area contributed by atoms with E-state index in [1.54, 1.807) is 0 Å². The van der Waals surface area contributed by atoms with Gasteiger partial charge in [0.05, 0.1) is 12.2 Å². The summed E-state index contributed by atoms with van der Waals surface area (Å²) >= 11 is 3.87. The summed E-state index contributed by atoms with van der Waals surface area (Å²) in [5.41, 5.74) is 0. The Morgan fingerprint density at radius 1 is 0.889 bits per heavy atom. The Labute approximate surface area is 136 Å². The van der Waals surface area contributed by atoms with Crippen molar-refractivity contribution in [2.45, 2.75) is 60.6 Å². The predicted octanol–water partition coefficient (Wildman–Crippen LogP) is 3.28. The van der Waals surface area contributed by atoms with Crippen molar-refractivity contribution in [3.05, 3.63) is 0 Å². The molecule has 0 N–H and O–H groups in total. The standard InChI is InChI=1S/C12H20I2O4/c1-5-7(3)17-11(15)9(13)10(14)12(16)18-8(4)6-2/h7-10H,5-6H2,1-4H3. The van der Waals surface area contributed by atoms with Crippen molar-refractivity contribution in [2.75, 3.05) is 0 Å². The molecule has 0 radical (unpaired) electrons. The van der Waals surface area contributed by atoms with Gasteiger partial charge in [-0.05, 0) is 26.7 Å². The summed E-state index contributed by atoms with van der Waals surface area (Å²) in [5, 5.41) is 0. The van der Waals surface area contributed by atoms with Crippen LogP contribution in [0.2, 0.25) is 0 Å². The summed E-state index contributed by atoms with van der Waals surface area (Å²) in [6.07, 6.45) is 1.28. The minimum absolute atomic E-state index is 0.121. The monoisotopic (exact) mass is 482 g/mol. The second kappa shape index (κ2) is 9.33. The third-order valence-electron chi connectivity index (χ3n) is 2.49. The highest BCUT2D eigenvalue weighted by Crippen LogP contribution is 2.20. The van der Waals surface area contributed by atoms with E-state index in [1.165, 1.54) is 0 Å².